The first kappa shape index (κ1) is 11.1. The summed E-state index contributed by atoms with van der Waals surface area (Å²) in [4.78, 5) is 2.84. The van der Waals surface area contributed by atoms with E-state index < -0.39 is 9.84 Å². The Morgan fingerprint density at radius 2 is 1.94 bits per heavy atom. The largest absolute Gasteiger partial charge is 0.367 e. The van der Waals surface area contributed by atoms with Crippen LogP contribution in [-0.4, -0.2) is 26.8 Å². The van der Waals surface area contributed by atoms with Gasteiger partial charge in [-0.15, -0.1) is 0 Å². The summed E-state index contributed by atoms with van der Waals surface area (Å²) in [7, 11) is -3.08. The molecule has 0 bridgehead atoms. The topological polar surface area (TPSA) is 37.4 Å². The van der Waals surface area contributed by atoms with Crippen molar-refractivity contribution < 1.29 is 8.42 Å². The molecule has 3 rings (SSSR count). The molecule has 0 aliphatic carbocycles. The number of hydrogen-bond acceptors (Lipinski definition) is 3. The van der Waals surface area contributed by atoms with E-state index in [-0.39, 0.29) is 0 Å². The third-order valence-corrected chi connectivity index (χ3v) is 5.65. The first-order valence-electron chi connectivity index (χ1n) is 6.27. The number of rotatable bonds is 0. The van der Waals surface area contributed by atoms with E-state index in [0.29, 0.717) is 16.7 Å². The molecule has 2 aliphatic heterocycles. The highest BCUT2D eigenvalue weighted by molar-refractivity contribution is 7.91. The first-order chi connectivity index (χ1) is 8.18. The normalized spacial score (nSPS) is 26.8. The van der Waals surface area contributed by atoms with Gasteiger partial charge < -0.3 is 4.90 Å². The molecule has 0 saturated carbocycles. The van der Waals surface area contributed by atoms with E-state index in [0.717, 1.165) is 25.1 Å². The summed E-state index contributed by atoms with van der Waals surface area (Å²) in [5, 5.41) is 0. The van der Waals surface area contributed by atoms with E-state index in [2.05, 4.69) is 4.90 Å². The lowest BCUT2D eigenvalue weighted by Crippen LogP contribution is -2.39. The van der Waals surface area contributed by atoms with Gasteiger partial charge in [-0.05, 0) is 37.8 Å². The molecule has 3 nitrogen and oxygen atoms in total. The van der Waals surface area contributed by atoms with Crippen LogP contribution in [0.3, 0.4) is 0 Å². The van der Waals surface area contributed by atoms with Gasteiger partial charge in [0.05, 0.1) is 16.3 Å². The monoisotopic (exact) mass is 251 g/mol. The number of anilines is 1. The van der Waals surface area contributed by atoms with Crippen molar-refractivity contribution in [2.45, 2.75) is 36.6 Å². The van der Waals surface area contributed by atoms with Gasteiger partial charge in [0.2, 0.25) is 0 Å². The summed E-state index contributed by atoms with van der Waals surface area (Å²) >= 11 is 0. The Hall–Kier alpha value is -1.03. The quantitative estimate of drug-likeness (QED) is 0.709. The minimum atomic E-state index is -3.08. The van der Waals surface area contributed by atoms with E-state index in [1.165, 1.54) is 12.8 Å². The van der Waals surface area contributed by atoms with Crippen LogP contribution in [0.25, 0.3) is 0 Å². The fourth-order valence-electron chi connectivity index (χ4n) is 2.98. The summed E-state index contributed by atoms with van der Waals surface area (Å²) in [6.45, 7) is 0.997. The summed E-state index contributed by atoms with van der Waals surface area (Å²) in [5.41, 5.74) is 0.926. The number of nitrogens with zero attached hydrogens (tertiary/aromatic N) is 1. The van der Waals surface area contributed by atoms with Gasteiger partial charge in [-0.3, -0.25) is 0 Å². The smallest absolute Gasteiger partial charge is 0.180 e. The molecule has 1 aromatic rings. The van der Waals surface area contributed by atoms with Gasteiger partial charge in [0.25, 0.3) is 0 Å². The number of hydrogen-bond donors (Lipinski definition) is 0. The maximum Gasteiger partial charge on any atom is 0.180 e. The molecular formula is C13H17NO2S. The molecule has 92 valence electrons. The molecule has 0 amide bonds. The lowest BCUT2D eigenvalue weighted by Gasteiger charge is -2.36. The molecule has 0 unspecified atom stereocenters. The van der Waals surface area contributed by atoms with Crippen LogP contribution >= 0.6 is 0 Å². The van der Waals surface area contributed by atoms with Gasteiger partial charge in [-0.25, -0.2) is 8.42 Å². The number of benzene rings is 1. The van der Waals surface area contributed by atoms with Crippen molar-refractivity contribution in [3.8, 4) is 0 Å². The van der Waals surface area contributed by atoms with Crippen molar-refractivity contribution in [1.29, 1.82) is 0 Å². The number of piperidine rings is 1. The third-order valence-electron chi connectivity index (χ3n) is 3.86. The van der Waals surface area contributed by atoms with Gasteiger partial charge in [0.15, 0.2) is 9.84 Å². The second-order valence-corrected chi connectivity index (χ2v) is 7.00. The molecule has 4 heteroatoms. The van der Waals surface area contributed by atoms with Crippen LogP contribution in [0.2, 0.25) is 0 Å². The molecular weight excluding hydrogens is 234 g/mol. The van der Waals surface area contributed by atoms with Gasteiger partial charge in [-0.1, -0.05) is 12.1 Å². The SMILES string of the molecule is O=S1(=O)CC[C@@H]2CCCCN2c2ccccc21. The Morgan fingerprint density at radius 3 is 2.82 bits per heavy atom. The summed E-state index contributed by atoms with van der Waals surface area (Å²) < 4.78 is 24.4. The van der Waals surface area contributed by atoms with Crippen molar-refractivity contribution in [3.63, 3.8) is 0 Å². The maximum absolute atomic E-state index is 12.2. The Kier molecular flexibility index (Phi) is 2.62. The van der Waals surface area contributed by atoms with Crippen LogP contribution < -0.4 is 4.90 Å². The highest BCUT2D eigenvalue weighted by atomic mass is 32.2. The lowest BCUT2D eigenvalue weighted by molar-refractivity contribution is 0.451. The van der Waals surface area contributed by atoms with Crippen LogP contribution in [0.4, 0.5) is 5.69 Å². The maximum atomic E-state index is 12.2. The highest BCUT2D eigenvalue weighted by Crippen LogP contribution is 2.35. The van der Waals surface area contributed by atoms with Gasteiger partial charge in [-0.2, -0.15) is 0 Å². The minimum absolute atomic E-state index is 0.297. The highest BCUT2D eigenvalue weighted by Gasteiger charge is 2.32. The first-order valence-corrected chi connectivity index (χ1v) is 7.92. The van der Waals surface area contributed by atoms with E-state index in [1.807, 2.05) is 18.2 Å². The molecule has 1 fully saturated rings. The van der Waals surface area contributed by atoms with E-state index in [9.17, 15) is 8.42 Å². The Balaban J connectivity index is 2.15. The molecule has 1 atom stereocenters. The molecule has 0 N–H and O–H groups in total. The molecule has 0 spiro atoms. The second kappa shape index (κ2) is 4.02. The van der Waals surface area contributed by atoms with Crippen LogP contribution in [-0.2, 0) is 9.84 Å². The number of para-hydroxylation sites is 1. The van der Waals surface area contributed by atoms with Crippen LogP contribution in [0.1, 0.15) is 25.7 Å². The van der Waals surface area contributed by atoms with E-state index >= 15 is 0 Å². The van der Waals surface area contributed by atoms with Crippen molar-refractivity contribution in [3.05, 3.63) is 24.3 Å². The van der Waals surface area contributed by atoms with Crippen LogP contribution in [0.5, 0.6) is 0 Å². The zero-order chi connectivity index (χ0) is 11.9. The number of sulfone groups is 1. The van der Waals surface area contributed by atoms with Gasteiger partial charge in [0, 0.05) is 12.6 Å². The summed E-state index contributed by atoms with van der Waals surface area (Å²) in [6, 6.07) is 7.88. The Labute approximate surface area is 102 Å². The zero-order valence-corrected chi connectivity index (χ0v) is 10.6. The van der Waals surface area contributed by atoms with E-state index in [4.69, 9.17) is 0 Å². The predicted octanol–water partition coefficient (Wildman–Crippen LogP) is 2.22. The molecule has 2 heterocycles. The molecule has 1 aromatic carbocycles. The van der Waals surface area contributed by atoms with Crippen LogP contribution in [0, 0.1) is 0 Å². The van der Waals surface area contributed by atoms with Crippen molar-refractivity contribution in [2.75, 3.05) is 17.2 Å². The Bertz CT molecular complexity index is 524. The van der Waals surface area contributed by atoms with E-state index in [1.54, 1.807) is 6.07 Å². The molecule has 0 radical (unpaired) electrons. The second-order valence-electron chi connectivity index (χ2n) is 4.92. The average molecular weight is 251 g/mol. The van der Waals surface area contributed by atoms with Crippen molar-refractivity contribution in [2.24, 2.45) is 0 Å². The molecule has 2 aliphatic rings. The summed E-state index contributed by atoms with van der Waals surface area (Å²) in [6.07, 6.45) is 4.30. The minimum Gasteiger partial charge on any atom is -0.367 e. The molecule has 17 heavy (non-hydrogen) atoms. The lowest BCUT2D eigenvalue weighted by atomic mass is 9.99. The zero-order valence-electron chi connectivity index (χ0n) is 9.80. The molecule has 1 saturated heterocycles. The van der Waals surface area contributed by atoms with Crippen molar-refractivity contribution in [1.82, 2.24) is 0 Å². The predicted molar refractivity (Wildman–Crippen MR) is 68.1 cm³/mol. The van der Waals surface area contributed by atoms with Crippen LogP contribution in [0.15, 0.2) is 29.2 Å². The van der Waals surface area contributed by atoms with Gasteiger partial charge >= 0.3 is 0 Å². The average Bonchev–Trinajstić information content (AvgIpc) is 2.47. The fraction of sp³-hybridized carbons (Fsp3) is 0.538. The van der Waals surface area contributed by atoms with Gasteiger partial charge in [0.1, 0.15) is 0 Å². The third kappa shape index (κ3) is 1.84. The van der Waals surface area contributed by atoms with Crippen molar-refractivity contribution >= 4 is 15.5 Å². The summed E-state index contributed by atoms with van der Waals surface area (Å²) in [5.74, 6) is 0.297. The Morgan fingerprint density at radius 1 is 1.12 bits per heavy atom. The standard InChI is InChI=1S/C13H17NO2S/c15-17(16)10-8-11-5-3-4-9-14(11)12-6-1-2-7-13(12)17/h1-2,6-7,11H,3-5,8-10H2/t11-/m0/s1. The number of fused-ring (bicyclic) bond motifs is 3. The molecule has 0 aromatic heterocycles. The fourth-order valence-corrected chi connectivity index (χ4v) is 4.57.